The zero-order chi connectivity index (χ0) is 17.9. The van der Waals surface area contributed by atoms with Crippen LogP contribution in [-0.4, -0.2) is 32.7 Å². The van der Waals surface area contributed by atoms with E-state index in [-0.39, 0.29) is 17.0 Å². The maximum absolute atomic E-state index is 12.4. The Labute approximate surface area is 147 Å². The van der Waals surface area contributed by atoms with E-state index < -0.39 is 9.84 Å². The van der Waals surface area contributed by atoms with Crippen LogP contribution in [0.2, 0.25) is 5.02 Å². The van der Waals surface area contributed by atoms with Crippen LogP contribution in [0.4, 0.5) is 10.5 Å². The molecule has 0 aliphatic rings. The van der Waals surface area contributed by atoms with Crippen LogP contribution in [0.15, 0.2) is 53.4 Å². The van der Waals surface area contributed by atoms with Crippen molar-refractivity contribution >= 4 is 33.2 Å². The Morgan fingerprint density at radius 2 is 1.83 bits per heavy atom. The summed E-state index contributed by atoms with van der Waals surface area (Å²) in [6.07, 6.45) is 1.12. The van der Waals surface area contributed by atoms with Crippen LogP contribution in [0.1, 0.15) is 18.5 Å². The van der Waals surface area contributed by atoms with E-state index in [4.69, 9.17) is 11.6 Å². The third kappa shape index (κ3) is 4.27. The van der Waals surface area contributed by atoms with Gasteiger partial charge in [0.05, 0.1) is 10.9 Å². The normalized spacial score (nSPS) is 12.5. The van der Waals surface area contributed by atoms with Gasteiger partial charge in [-0.25, -0.2) is 13.2 Å². The smallest absolute Gasteiger partial charge is 0.321 e. The zero-order valence-electron chi connectivity index (χ0n) is 13.7. The lowest BCUT2D eigenvalue weighted by Crippen LogP contribution is -2.33. The minimum Gasteiger partial charge on any atom is -0.321 e. The van der Waals surface area contributed by atoms with Crippen molar-refractivity contribution in [2.75, 3.05) is 18.6 Å². The van der Waals surface area contributed by atoms with Crippen molar-refractivity contribution in [3.05, 3.63) is 59.1 Å². The van der Waals surface area contributed by atoms with Crippen molar-refractivity contribution in [2.45, 2.75) is 17.9 Å². The first-order valence-electron chi connectivity index (χ1n) is 7.28. The molecule has 0 spiro atoms. The maximum atomic E-state index is 12.4. The Bertz CT molecular complexity index is 852. The van der Waals surface area contributed by atoms with Crippen molar-refractivity contribution in [3.63, 3.8) is 0 Å². The molecule has 2 amide bonds. The van der Waals surface area contributed by atoms with E-state index in [0.717, 1.165) is 11.8 Å². The van der Waals surface area contributed by atoms with Crippen LogP contribution in [0.5, 0.6) is 0 Å². The average Bonchev–Trinajstić information content (AvgIpc) is 2.53. The lowest BCUT2D eigenvalue weighted by atomic mass is 10.1. The summed E-state index contributed by atoms with van der Waals surface area (Å²) >= 11 is 6.17. The van der Waals surface area contributed by atoms with E-state index in [1.165, 1.54) is 17.0 Å². The Kier molecular flexibility index (Phi) is 5.51. The third-order valence-corrected chi connectivity index (χ3v) is 5.22. The number of carbonyl (C=O) groups excluding carboxylic acids is 1. The summed E-state index contributed by atoms with van der Waals surface area (Å²) in [6.45, 7) is 1.87. The maximum Gasteiger partial charge on any atom is 0.322 e. The number of halogens is 1. The molecular formula is C17H19ClN2O3S. The minimum atomic E-state index is -3.33. The second kappa shape index (κ2) is 7.23. The molecule has 0 saturated carbocycles. The second-order valence-corrected chi connectivity index (χ2v) is 7.96. The molecule has 128 valence electrons. The molecule has 1 unspecified atom stereocenters. The first-order chi connectivity index (χ1) is 11.2. The number of nitrogens with one attached hydrogen (secondary N) is 1. The van der Waals surface area contributed by atoms with Crippen LogP contribution in [0, 0.1) is 0 Å². The topological polar surface area (TPSA) is 66.5 Å². The third-order valence-electron chi connectivity index (χ3n) is 3.77. The second-order valence-electron chi connectivity index (χ2n) is 5.54. The van der Waals surface area contributed by atoms with Crippen molar-refractivity contribution in [1.82, 2.24) is 4.90 Å². The highest BCUT2D eigenvalue weighted by Crippen LogP contribution is 2.26. The number of sulfone groups is 1. The summed E-state index contributed by atoms with van der Waals surface area (Å²) in [5, 5.41) is 3.29. The van der Waals surface area contributed by atoms with E-state index in [0.29, 0.717) is 10.7 Å². The number of hydrogen-bond acceptors (Lipinski definition) is 3. The van der Waals surface area contributed by atoms with E-state index in [2.05, 4.69) is 5.32 Å². The summed E-state index contributed by atoms with van der Waals surface area (Å²) < 4.78 is 23.2. The summed E-state index contributed by atoms with van der Waals surface area (Å²) in [4.78, 5) is 14.1. The van der Waals surface area contributed by atoms with Gasteiger partial charge in [-0.1, -0.05) is 35.9 Å². The first-order valence-corrected chi connectivity index (χ1v) is 9.55. The SMILES string of the molecule is CC(c1ccccc1Cl)N(C)C(=O)Nc1cccc(S(C)(=O)=O)c1. The molecule has 1 atom stereocenters. The molecule has 0 saturated heterocycles. The molecule has 0 radical (unpaired) electrons. The van der Waals surface area contributed by atoms with E-state index >= 15 is 0 Å². The van der Waals surface area contributed by atoms with Gasteiger partial charge in [-0.05, 0) is 36.8 Å². The molecule has 1 N–H and O–H groups in total. The zero-order valence-corrected chi connectivity index (χ0v) is 15.2. The summed E-state index contributed by atoms with van der Waals surface area (Å²) in [7, 11) is -1.67. The van der Waals surface area contributed by atoms with Crippen LogP contribution < -0.4 is 5.32 Å². The van der Waals surface area contributed by atoms with Gasteiger partial charge in [0.1, 0.15) is 0 Å². The Morgan fingerprint density at radius 3 is 2.46 bits per heavy atom. The van der Waals surface area contributed by atoms with Crippen LogP contribution in [0.3, 0.4) is 0 Å². The number of carbonyl (C=O) groups is 1. The molecule has 24 heavy (non-hydrogen) atoms. The van der Waals surface area contributed by atoms with Gasteiger partial charge in [0, 0.05) is 24.0 Å². The molecule has 2 rings (SSSR count). The predicted molar refractivity (Wildman–Crippen MR) is 96.2 cm³/mol. The standard InChI is InChI=1S/C17H19ClN2O3S/c1-12(15-9-4-5-10-16(15)18)20(2)17(21)19-13-7-6-8-14(11-13)24(3,22)23/h4-12H,1-3H3,(H,19,21). The summed E-state index contributed by atoms with van der Waals surface area (Å²) in [6, 6.07) is 12.9. The van der Waals surface area contributed by atoms with Gasteiger partial charge in [-0.15, -0.1) is 0 Å². The number of hydrogen-bond donors (Lipinski definition) is 1. The Hall–Kier alpha value is -2.05. The first kappa shape index (κ1) is 18.3. The highest BCUT2D eigenvalue weighted by Gasteiger charge is 2.19. The molecular weight excluding hydrogens is 348 g/mol. The Morgan fingerprint density at radius 1 is 1.17 bits per heavy atom. The molecule has 2 aromatic rings. The fourth-order valence-electron chi connectivity index (χ4n) is 2.21. The molecule has 7 heteroatoms. The van der Waals surface area contributed by atoms with Crippen molar-refractivity contribution in [3.8, 4) is 0 Å². The van der Waals surface area contributed by atoms with Crippen LogP contribution >= 0.6 is 11.6 Å². The summed E-state index contributed by atoms with van der Waals surface area (Å²) in [5.41, 5.74) is 1.25. The number of benzene rings is 2. The molecule has 2 aromatic carbocycles. The van der Waals surface area contributed by atoms with Crippen LogP contribution in [0.25, 0.3) is 0 Å². The monoisotopic (exact) mass is 366 g/mol. The van der Waals surface area contributed by atoms with Crippen LogP contribution in [-0.2, 0) is 9.84 Å². The van der Waals surface area contributed by atoms with Gasteiger partial charge in [-0.3, -0.25) is 0 Å². The molecule has 0 heterocycles. The van der Waals surface area contributed by atoms with Gasteiger partial charge < -0.3 is 10.2 Å². The fourth-order valence-corrected chi connectivity index (χ4v) is 3.18. The van der Waals surface area contributed by atoms with E-state index in [9.17, 15) is 13.2 Å². The number of rotatable bonds is 4. The molecule has 0 aliphatic carbocycles. The lowest BCUT2D eigenvalue weighted by Gasteiger charge is -2.26. The quantitative estimate of drug-likeness (QED) is 0.890. The van der Waals surface area contributed by atoms with Gasteiger partial charge in [0.2, 0.25) is 0 Å². The average molecular weight is 367 g/mol. The van der Waals surface area contributed by atoms with Crippen molar-refractivity contribution in [2.24, 2.45) is 0 Å². The molecule has 0 fully saturated rings. The van der Waals surface area contributed by atoms with Crippen molar-refractivity contribution < 1.29 is 13.2 Å². The number of urea groups is 1. The molecule has 5 nitrogen and oxygen atoms in total. The van der Waals surface area contributed by atoms with Gasteiger partial charge in [-0.2, -0.15) is 0 Å². The van der Waals surface area contributed by atoms with E-state index in [1.54, 1.807) is 25.2 Å². The van der Waals surface area contributed by atoms with Gasteiger partial charge in [0.25, 0.3) is 0 Å². The van der Waals surface area contributed by atoms with Gasteiger partial charge >= 0.3 is 6.03 Å². The number of anilines is 1. The molecule has 0 bridgehead atoms. The Balaban J connectivity index is 2.16. The fraction of sp³-hybridized carbons (Fsp3) is 0.235. The molecule has 0 aliphatic heterocycles. The summed E-state index contributed by atoms with van der Waals surface area (Å²) in [5.74, 6) is 0. The lowest BCUT2D eigenvalue weighted by molar-refractivity contribution is 0.208. The number of amides is 2. The van der Waals surface area contributed by atoms with E-state index in [1.807, 2.05) is 25.1 Å². The number of nitrogens with zero attached hydrogens (tertiary/aromatic N) is 1. The highest BCUT2D eigenvalue weighted by atomic mass is 35.5. The van der Waals surface area contributed by atoms with Gasteiger partial charge in [0.15, 0.2) is 9.84 Å². The largest absolute Gasteiger partial charge is 0.322 e. The minimum absolute atomic E-state index is 0.155. The van der Waals surface area contributed by atoms with Crippen molar-refractivity contribution in [1.29, 1.82) is 0 Å². The molecule has 0 aromatic heterocycles. The predicted octanol–water partition coefficient (Wildman–Crippen LogP) is 3.97. The highest BCUT2D eigenvalue weighted by molar-refractivity contribution is 7.90.